The van der Waals surface area contributed by atoms with Gasteiger partial charge in [0.05, 0.1) is 20.3 Å². The fourth-order valence-corrected chi connectivity index (χ4v) is 3.58. The Balaban J connectivity index is 1.96. The zero-order chi connectivity index (χ0) is 24.2. The second-order valence-corrected chi connectivity index (χ2v) is 8.50. The normalized spacial score (nSPS) is 12.7. The molecule has 0 bridgehead atoms. The summed E-state index contributed by atoms with van der Waals surface area (Å²) in [5.74, 6) is 1.66. The summed E-state index contributed by atoms with van der Waals surface area (Å²) in [5.41, 5.74) is 1.88. The number of methoxy groups -OCH3 is 2. The van der Waals surface area contributed by atoms with Gasteiger partial charge in [0.15, 0.2) is 11.5 Å². The molecule has 0 aliphatic carbocycles. The number of rotatable bonds is 13. The van der Waals surface area contributed by atoms with E-state index in [0.717, 1.165) is 17.5 Å². The standard InChI is InChI=1S/C26H36N2O5/c1-18(2)13-22(28-26(30)33-17-20-9-7-6-8-10-20)16-27-23(19(3)29)14-21-11-12-24(31-4)25(15-21)32-5/h6-12,15,18,22-23,27H,13-14,16-17H2,1-5H3,(H,28,30)/t22-,23+/m1/s1. The molecule has 0 radical (unpaired) electrons. The number of hydrogen-bond donors (Lipinski definition) is 2. The second kappa shape index (κ2) is 13.5. The third-order valence-corrected chi connectivity index (χ3v) is 5.28. The zero-order valence-electron chi connectivity index (χ0n) is 20.2. The van der Waals surface area contributed by atoms with Crippen molar-refractivity contribution in [2.75, 3.05) is 20.8 Å². The minimum atomic E-state index is -0.467. The van der Waals surface area contributed by atoms with Gasteiger partial charge in [-0.1, -0.05) is 50.2 Å². The molecule has 2 aromatic carbocycles. The summed E-state index contributed by atoms with van der Waals surface area (Å²) in [5, 5.41) is 6.27. The first-order valence-corrected chi connectivity index (χ1v) is 11.2. The summed E-state index contributed by atoms with van der Waals surface area (Å²) in [6.45, 7) is 6.42. The Bertz CT molecular complexity index is 886. The molecule has 1 amide bonds. The summed E-state index contributed by atoms with van der Waals surface area (Å²) < 4.78 is 16.0. The lowest BCUT2D eigenvalue weighted by Crippen LogP contribution is -2.48. The summed E-state index contributed by atoms with van der Waals surface area (Å²) in [7, 11) is 3.17. The molecule has 0 aliphatic rings. The predicted molar refractivity (Wildman–Crippen MR) is 129 cm³/mol. The molecule has 0 spiro atoms. The zero-order valence-corrected chi connectivity index (χ0v) is 20.2. The van der Waals surface area contributed by atoms with Crippen LogP contribution in [0, 0.1) is 5.92 Å². The van der Waals surface area contributed by atoms with Crippen LogP contribution in [0.2, 0.25) is 0 Å². The van der Waals surface area contributed by atoms with E-state index in [2.05, 4.69) is 24.5 Å². The first kappa shape index (κ1) is 26.2. The molecule has 2 N–H and O–H groups in total. The molecular weight excluding hydrogens is 420 g/mol. The van der Waals surface area contributed by atoms with Gasteiger partial charge in [0.25, 0.3) is 0 Å². The molecule has 0 saturated heterocycles. The van der Waals surface area contributed by atoms with Gasteiger partial charge in [-0.15, -0.1) is 0 Å². The van der Waals surface area contributed by atoms with Crippen LogP contribution in [0.1, 0.15) is 38.3 Å². The number of hydrogen-bond acceptors (Lipinski definition) is 6. The lowest BCUT2D eigenvalue weighted by Gasteiger charge is -2.24. The predicted octanol–water partition coefficient (Wildman–Crippen LogP) is 4.13. The number of alkyl carbamates (subject to hydrolysis) is 1. The minimum Gasteiger partial charge on any atom is -0.493 e. The molecule has 0 heterocycles. The highest BCUT2D eigenvalue weighted by Crippen LogP contribution is 2.28. The van der Waals surface area contributed by atoms with Crippen LogP contribution in [0.3, 0.4) is 0 Å². The average molecular weight is 457 g/mol. The summed E-state index contributed by atoms with van der Waals surface area (Å²) >= 11 is 0. The van der Waals surface area contributed by atoms with E-state index in [0.29, 0.717) is 30.4 Å². The van der Waals surface area contributed by atoms with Crippen molar-refractivity contribution in [1.82, 2.24) is 10.6 Å². The maximum atomic E-state index is 12.4. The van der Waals surface area contributed by atoms with Gasteiger partial charge < -0.3 is 24.8 Å². The minimum absolute atomic E-state index is 0.0275. The summed E-state index contributed by atoms with van der Waals surface area (Å²) in [6.07, 6.45) is 0.794. The van der Waals surface area contributed by atoms with Gasteiger partial charge in [0.1, 0.15) is 12.4 Å². The molecule has 2 aromatic rings. The monoisotopic (exact) mass is 456 g/mol. The van der Waals surface area contributed by atoms with Crippen molar-refractivity contribution in [1.29, 1.82) is 0 Å². The third-order valence-electron chi connectivity index (χ3n) is 5.28. The van der Waals surface area contributed by atoms with Crippen LogP contribution in [0.25, 0.3) is 0 Å². The Hall–Kier alpha value is -3.06. The van der Waals surface area contributed by atoms with Crippen LogP contribution in [0.5, 0.6) is 11.5 Å². The van der Waals surface area contributed by atoms with E-state index in [1.807, 2.05) is 48.5 Å². The largest absolute Gasteiger partial charge is 0.493 e. The van der Waals surface area contributed by atoms with Crippen LogP contribution >= 0.6 is 0 Å². The number of ether oxygens (including phenoxy) is 3. The number of carbonyl (C=O) groups excluding carboxylic acids is 2. The molecule has 0 fully saturated rings. The molecule has 0 unspecified atom stereocenters. The average Bonchev–Trinajstić information content (AvgIpc) is 2.80. The van der Waals surface area contributed by atoms with Gasteiger partial charge >= 0.3 is 6.09 Å². The molecule has 0 aromatic heterocycles. The molecule has 0 saturated carbocycles. The number of Topliss-reactive ketones (excluding diaryl/α,β-unsaturated/α-hetero) is 1. The quantitative estimate of drug-likeness (QED) is 0.471. The van der Waals surface area contributed by atoms with Gasteiger partial charge in [0.2, 0.25) is 0 Å². The van der Waals surface area contributed by atoms with Gasteiger partial charge in [-0.25, -0.2) is 4.79 Å². The highest BCUT2D eigenvalue weighted by molar-refractivity contribution is 5.81. The summed E-state index contributed by atoms with van der Waals surface area (Å²) in [6, 6.07) is 14.6. The molecule has 2 atom stereocenters. The van der Waals surface area contributed by atoms with Gasteiger partial charge in [-0.05, 0) is 48.9 Å². The van der Waals surface area contributed by atoms with Crippen molar-refractivity contribution < 1.29 is 23.8 Å². The second-order valence-electron chi connectivity index (χ2n) is 8.50. The maximum Gasteiger partial charge on any atom is 0.407 e. The van der Waals surface area contributed by atoms with Crippen molar-refractivity contribution in [3.8, 4) is 11.5 Å². The third kappa shape index (κ3) is 9.14. The molecule has 2 rings (SSSR count). The van der Waals surface area contributed by atoms with Crippen LogP contribution < -0.4 is 20.1 Å². The van der Waals surface area contributed by atoms with E-state index in [4.69, 9.17) is 14.2 Å². The maximum absolute atomic E-state index is 12.4. The topological polar surface area (TPSA) is 85.9 Å². The van der Waals surface area contributed by atoms with Crippen LogP contribution in [-0.2, 0) is 22.6 Å². The number of amides is 1. The Morgan fingerprint density at radius 1 is 0.939 bits per heavy atom. The van der Waals surface area contributed by atoms with E-state index in [1.54, 1.807) is 21.1 Å². The molecule has 7 heteroatoms. The van der Waals surface area contributed by atoms with Gasteiger partial charge in [-0.2, -0.15) is 0 Å². The molecule has 7 nitrogen and oxygen atoms in total. The smallest absolute Gasteiger partial charge is 0.407 e. The van der Waals surface area contributed by atoms with Crippen molar-refractivity contribution in [2.45, 2.75) is 52.3 Å². The Morgan fingerprint density at radius 2 is 1.64 bits per heavy atom. The van der Waals surface area contributed by atoms with E-state index in [9.17, 15) is 9.59 Å². The number of benzene rings is 2. The Morgan fingerprint density at radius 3 is 2.24 bits per heavy atom. The fourth-order valence-electron chi connectivity index (χ4n) is 3.58. The van der Waals surface area contributed by atoms with Gasteiger partial charge in [0, 0.05) is 12.6 Å². The Kier molecular flexibility index (Phi) is 10.7. The molecular formula is C26H36N2O5. The van der Waals surface area contributed by atoms with Crippen LogP contribution in [-0.4, -0.2) is 44.7 Å². The molecule has 0 aliphatic heterocycles. The highest BCUT2D eigenvalue weighted by Gasteiger charge is 2.20. The van der Waals surface area contributed by atoms with Crippen molar-refractivity contribution in [3.05, 3.63) is 59.7 Å². The number of carbonyl (C=O) groups is 2. The number of ketones is 1. The highest BCUT2D eigenvalue weighted by atomic mass is 16.5. The molecule has 33 heavy (non-hydrogen) atoms. The lowest BCUT2D eigenvalue weighted by atomic mass is 10.0. The van der Waals surface area contributed by atoms with Crippen LogP contribution in [0.15, 0.2) is 48.5 Å². The first-order chi connectivity index (χ1) is 15.8. The van der Waals surface area contributed by atoms with Crippen LogP contribution in [0.4, 0.5) is 4.79 Å². The van der Waals surface area contributed by atoms with E-state index >= 15 is 0 Å². The molecule has 180 valence electrons. The first-order valence-electron chi connectivity index (χ1n) is 11.2. The lowest BCUT2D eigenvalue weighted by molar-refractivity contribution is -0.119. The SMILES string of the molecule is COc1ccc(C[C@H](NC[C@@H](CC(C)C)NC(=O)OCc2ccccc2)C(C)=O)cc1OC. The summed E-state index contributed by atoms with van der Waals surface area (Å²) in [4.78, 5) is 24.7. The van der Waals surface area contributed by atoms with E-state index < -0.39 is 6.09 Å². The van der Waals surface area contributed by atoms with Crippen molar-refractivity contribution in [2.24, 2.45) is 5.92 Å². The van der Waals surface area contributed by atoms with E-state index in [-0.39, 0.29) is 24.5 Å². The van der Waals surface area contributed by atoms with E-state index in [1.165, 1.54) is 0 Å². The number of nitrogens with one attached hydrogen (secondary N) is 2. The Labute approximate surface area is 196 Å². The van der Waals surface area contributed by atoms with Crippen molar-refractivity contribution >= 4 is 11.9 Å². The fraction of sp³-hybridized carbons (Fsp3) is 0.462. The van der Waals surface area contributed by atoms with Gasteiger partial charge in [-0.3, -0.25) is 4.79 Å². The van der Waals surface area contributed by atoms with Crippen molar-refractivity contribution in [3.63, 3.8) is 0 Å².